The van der Waals surface area contributed by atoms with Crippen molar-refractivity contribution >= 4 is 23.4 Å². The highest BCUT2D eigenvalue weighted by molar-refractivity contribution is 5.96. The van der Waals surface area contributed by atoms with Crippen molar-refractivity contribution in [1.82, 2.24) is 0 Å². The molecule has 2 aromatic rings. The summed E-state index contributed by atoms with van der Waals surface area (Å²) in [6, 6.07) is 13.1. The van der Waals surface area contributed by atoms with E-state index in [0.717, 1.165) is 12.0 Å². The molecule has 27 heavy (non-hydrogen) atoms. The molecule has 6 nitrogen and oxygen atoms in total. The van der Waals surface area contributed by atoms with Gasteiger partial charge in [-0.3, -0.25) is 10.1 Å². The molecule has 3 rings (SSSR count). The van der Waals surface area contributed by atoms with Gasteiger partial charge < -0.3 is 14.8 Å². The van der Waals surface area contributed by atoms with Crippen molar-refractivity contribution in [3.63, 3.8) is 0 Å². The zero-order valence-corrected chi connectivity index (χ0v) is 14.9. The first-order valence-electron chi connectivity index (χ1n) is 8.66. The van der Waals surface area contributed by atoms with Crippen molar-refractivity contribution in [2.75, 3.05) is 31.0 Å². The van der Waals surface area contributed by atoms with Crippen molar-refractivity contribution < 1.29 is 23.5 Å². The van der Waals surface area contributed by atoms with Crippen molar-refractivity contribution in [2.45, 2.75) is 12.3 Å². The van der Waals surface area contributed by atoms with Crippen LogP contribution in [-0.4, -0.2) is 32.3 Å². The Kier molecular flexibility index (Phi) is 6.03. The summed E-state index contributed by atoms with van der Waals surface area (Å²) < 4.78 is 22.8. The predicted octanol–water partition coefficient (Wildman–Crippen LogP) is 3.76. The van der Waals surface area contributed by atoms with Gasteiger partial charge in [-0.25, -0.2) is 9.18 Å². The monoisotopic (exact) mass is 372 g/mol. The number of hydrogen-bond acceptors (Lipinski definition) is 4. The summed E-state index contributed by atoms with van der Waals surface area (Å²) in [5.41, 5.74) is 2.06. The second-order valence-corrected chi connectivity index (χ2v) is 6.32. The van der Waals surface area contributed by atoms with E-state index in [2.05, 4.69) is 10.6 Å². The Hall–Kier alpha value is -2.93. The van der Waals surface area contributed by atoms with E-state index in [1.165, 1.54) is 19.2 Å². The molecule has 0 saturated heterocycles. The Labute approximate surface area is 156 Å². The van der Waals surface area contributed by atoms with Crippen LogP contribution in [0.4, 0.5) is 20.6 Å². The zero-order chi connectivity index (χ0) is 19.2. The largest absolute Gasteiger partial charge is 0.447 e. The van der Waals surface area contributed by atoms with E-state index < -0.39 is 6.09 Å². The average Bonchev–Trinajstić information content (AvgIpc) is 3.44. The zero-order valence-electron chi connectivity index (χ0n) is 14.9. The van der Waals surface area contributed by atoms with Gasteiger partial charge in [0.15, 0.2) is 0 Å². The number of carbonyl (C=O) groups is 2. The van der Waals surface area contributed by atoms with E-state index in [1.54, 1.807) is 36.4 Å². The van der Waals surface area contributed by atoms with Gasteiger partial charge in [-0.2, -0.15) is 0 Å². The standard InChI is InChI=1S/C20H21FN2O4/c1-26-9-10-27-20(25)23-16-4-2-3-15(11-16)22-19(24)18-12-17(18)13-5-7-14(21)8-6-13/h2-8,11,17-18H,9-10,12H2,1H3,(H,22,24)(H,23,25). The van der Waals surface area contributed by atoms with Crippen molar-refractivity contribution in [3.05, 3.63) is 59.9 Å². The van der Waals surface area contributed by atoms with Gasteiger partial charge in [-0.05, 0) is 48.2 Å². The number of rotatable bonds is 7. The van der Waals surface area contributed by atoms with E-state index >= 15 is 0 Å². The van der Waals surface area contributed by atoms with Crippen LogP contribution in [0.2, 0.25) is 0 Å². The topological polar surface area (TPSA) is 76.7 Å². The Morgan fingerprint density at radius 3 is 2.48 bits per heavy atom. The molecule has 0 aliphatic heterocycles. The second-order valence-electron chi connectivity index (χ2n) is 6.32. The molecule has 0 spiro atoms. The number of carbonyl (C=O) groups excluding carboxylic acids is 2. The van der Waals surface area contributed by atoms with Crippen LogP contribution in [0.25, 0.3) is 0 Å². The Morgan fingerprint density at radius 1 is 1.07 bits per heavy atom. The molecular weight excluding hydrogens is 351 g/mol. The van der Waals surface area contributed by atoms with E-state index in [9.17, 15) is 14.0 Å². The lowest BCUT2D eigenvalue weighted by Crippen LogP contribution is -2.17. The number of anilines is 2. The minimum absolute atomic E-state index is 0.0934. The van der Waals surface area contributed by atoms with Crippen LogP contribution in [0.3, 0.4) is 0 Å². The van der Waals surface area contributed by atoms with Crippen LogP contribution in [0.5, 0.6) is 0 Å². The smallest absolute Gasteiger partial charge is 0.411 e. The summed E-state index contributed by atoms with van der Waals surface area (Å²) in [4.78, 5) is 24.1. The molecule has 0 radical (unpaired) electrons. The molecule has 2 unspecified atom stereocenters. The molecule has 1 aliphatic carbocycles. The van der Waals surface area contributed by atoms with Crippen LogP contribution in [0.1, 0.15) is 17.9 Å². The number of ether oxygens (including phenoxy) is 2. The van der Waals surface area contributed by atoms with Gasteiger partial charge in [-0.15, -0.1) is 0 Å². The molecule has 1 aliphatic rings. The van der Waals surface area contributed by atoms with Crippen LogP contribution in [-0.2, 0) is 14.3 Å². The van der Waals surface area contributed by atoms with E-state index in [1.807, 2.05) is 0 Å². The Morgan fingerprint density at radius 2 is 1.78 bits per heavy atom. The maximum Gasteiger partial charge on any atom is 0.411 e. The van der Waals surface area contributed by atoms with Gasteiger partial charge >= 0.3 is 6.09 Å². The number of benzene rings is 2. The molecule has 142 valence electrons. The van der Waals surface area contributed by atoms with Crippen molar-refractivity contribution in [2.24, 2.45) is 5.92 Å². The van der Waals surface area contributed by atoms with Gasteiger partial charge in [0.1, 0.15) is 12.4 Å². The quantitative estimate of drug-likeness (QED) is 0.726. The number of amides is 2. The molecular formula is C20H21FN2O4. The lowest BCUT2D eigenvalue weighted by Gasteiger charge is -2.09. The molecule has 7 heteroatoms. The van der Waals surface area contributed by atoms with E-state index in [4.69, 9.17) is 9.47 Å². The first kappa shape index (κ1) is 18.8. The summed E-state index contributed by atoms with van der Waals surface area (Å²) >= 11 is 0. The van der Waals surface area contributed by atoms with Crippen LogP contribution in [0.15, 0.2) is 48.5 Å². The van der Waals surface area contributed by atoms with Crippen molar-refractivity contribution in [1.29, 1.82) is 0 Å². The van der Waals surface area contributed by atoms with Crippen LogP contribution >= 0.6 is 0 Å². The minimum atomic E-state index is -0.589. The number of hydrogen-bond donors (Lipinski definition) is 2. The molecule has 0 heterocycles. The molecule has 2 amide bonds. The summed E-state index contributed by atoms with van der Waals surface area (Å²) in [5.74, 6) is -0.400. The van der Waals surface area contributed by atoms with Crippen molar-refractivity contribution in [3.8, 4) is 0 Å². The molecule has 0 bridgehead atoms. The minimum Gasteiger partial charge on any atom is -0.447 e. The van der Waals surface area contributed by atoms with Gasteiger partial charge in [-0.1, -0.05) is 18.2 Å². The lowest BCUT2D eigenvalue weighted by atomic mass is 10.1. The van der Waals surface area contributed by atoms with E-state index in [0.29, 0.717) is 18.0 Å². The maximum atomic E-state index is 13.0. The average molecular weight is 372 g/mol. The second kappa shape index (κ2) is 8.64. The summed E-state index contributed by atoms with van der Waals surface area (Å²) in [6.07, 6.45) is 0.149. The molecule has 0 aromatic heterocycles. The molecule has 2 N–H and O–H groups in total. The molecule has 1 saturated carbocycles. The fourth-order valence-electron chi connectivity index (χ4n) is 2.84. The highest BCUT2D eigenvalue weighted by atomic mass is 19.1. The summed E-state index contributed by atoms with van der Waals surface area (Å²) in [5, 5.41) is 5.45. The van der Waals surface area contributed by atoms with Gasteiger partial charge in [0, 0.05) is 24.4 Å². The first-order valence-corrected chi connectivity index (χ1v) is 8.66. The van der Waals surface area contributed by atoms with Crippen LogP contribution in [0, 0.1) is 11.7 Å². The fourth-order valence-corrected chi connectivity index (χ4v) is 2.84. The summed E-state index contributed by atoms with van der Waals surface area (Å²) in [6.45, 7) is 0.478. The third-order valence-electron chi connectivity index (χ3n) is 4.32. The van der Waals surface area contributed by atoms with E-state index in [-0.39, 0.29) is 30.2 Å². The predicted molar refractivity (Wildman–Crippen MR) is 99.2 cm³/mol. The third-order valence-corrected chi connectivity index (χ3v) is 4.32. The highest BCUT2D eigenvalue weighted by Crippen LogP contribution is 2.48. The number of nitrogens with one attached hydrogen (secondary N) is 2. The first-order chi connectivity index (χ1) is 13.1. The molecule has 1 fully saturated rings. The highest BCUT2D eigenvalue weighted by Gasteiger charge is 2.43. The molecule has 2 aromatic carbocycles. The maximum absolute atomic E-state index is 13.0. The number of halogens is 1. The Balaban J connectivity index is 1.53. The Bertz CT molecular complexity index is 810. The normalized spacial score (nSPS) is 17.9. The fraction of sp³-hybridized carbons (Fsp3) is 0.300. The lowest BCUT2D eigenvalue weighted by molar-refractivity contribution is -0.117. The van der Waals surface area contributed by atoms with Gasteiger partial charge in [0.2, 0.25) is 5.91 Å². The van der Waals surface area contributed by atoms with Gasteiger partial charge in [0.05, 0.1) is 6.61 Å². The third kappa shape index (κ3) is 5.27. The SMILES string of the molecule is COCCOC(=O)Nc1cccc(NC(=O)C2CC2c2ccc(F)cc2)c1. The van der Waals surface area contributed by atoms with Crippen LogP contribution < -0.4 is 10.6 Å². The van der Waals surface area contributed by atoms with Gasteiger partial charge in [0.25, 0.3) is 0 Å². The molecule has 2 atom stereocenters. The summed E-state index contributed by atoms with van der Waals surface area (Å²) in [7, 11) is 1.52. The number of methoxy groups -OCH3 is 1.